The average Bonchev–Trinajstić information content (AvgIpc) is 3.01. The molecule has 0 saturated carbocycles. The lowest BCUT2D eigenvalue weighted by atomic mass is 10.1. The molecule has 1 aromatic carbocycles. The van der Waals surface area contributed by atoms with Gasteiger partial charge in [-0.2, -0.15) is 0 Å². The van der Waals surface area contributed by atoms with Crippen LogP contribution < -0.4 is 4.74 Å². The van der Waals surface area contributed by atoms with Crippen LogP contribution in [0.25, 0.3) is 11.3 Å². The van der Waals surface area contributed by atoms with Gasteiger partial charge >= 0.3 is 0 Å². The van der Waals surface area contributed by atoms with E-state index in [0.717, 1.165) is 30.1 Å². The van der Waals surface area contributed by atoms with Crippen molar-refractivity contribution in [3.63, 3.8) is 0 Å². The molecule has 0 saturated heterocycles. The molecule has 2 rings (SSSR count). The molecule has 2 heteroatoms. The molecule has 0 bridgehead atoms. The van der Waals surface area contributed by atoms with Gasteiger partial charge in [-0.25, -0.2) is 0 Å². The molecule has 0 radical (unpaired) electrons. The Morgan fingerprint density at radius 2 is 1.65 bits per heavy atom. The van der Waals surface area contributed by atoms with Crippen LogP contribution >= 0.6 is 0 Å². The molecule has 2 aromatic rings. The standard InChI is InChI=1S/C18H24O2/c1-2-3-4-5-6-7-14-19-17-12-10-16(11-13-17)18-9-8-15-20-18/h8-13,15H,2-7,14H2,1H3. The van der Waals surface area contributed by atoms with E-state index in [0.29, 0.717) is 0 Å². The van der Waals surface area contributed by atoms with Gasteiger partial charge in [0.25, 0.3) is 0 Å². The van der Waals surface area contributed by atoms with Crippen molar-refractivity contribution in [3.8, 4) is 17.1 Å². The third kappa shape index (κ3) is 4.76. The van der Waals surface area contributed by atoms with Crippen molar-refractivity contribution in [3.05, 3.63) is 42.7 Å². The second kappa shape index (κ2) is 8.47. The molecule has 0 aliphatic carbocycles. The van der Waals surface area contributed by atoms with E-state index >= 15 is 0 Å². The van der Waals surface area contributed by atoms with Gasteiger partial charge in [-0.1, -0.05) is 39.0 Å². The number of hydrogen-bond acceptors (Lipinski definition) is 2. The van der Waals surface area contributed by atoms with Gasteiger partial charge in [0.1, 0.15) is 11.5 Å². The Hall–Kier alpha value is -1.70. The first kappa shape index (κ1) is 14.7. The molecule has 0 spiro atoms. The van der Waals surface area contributed by atoms with Crippen molar-refractivity contribution in [2.75, 3.05) is 6.61 Å². The Balaban J connectivity index is 1.67. The zero-order valence-corrected chi connectivity index (χ0v) is 12.3. The van der Waals surface area contributed by atoms with Crippen molar-refractivity contribution < 1.29 is 9.15 Å². The molecule has 0 N–H and O–H groups in total. The summed E-state index contributed by atoms with van der Waals surface area (Å²) in [5.41, 5.74) is 1.09. The summed E-state index contributed by atoms with van der Waals surface area (Å²) in [4.78, 5) is 0. The van der Waals surface area contributed by atoms with Crippen molar-refractivity contribution in [2.45, 2.75) is 45.4 Å². The Morgan fingerprint density at radius 3 is 2.35 bits per heavy atom. The van der Waals surface area contributed by atoms with Gasteiger partial charge in [-0.15, -0.1) is 0 Å². The van der Waals surface area contributed by atoms with Gasteiger partial charge in [0, 0.05) is 5.56 Å². The van der Waals surface area contributed by atoms with Crippen LogP contribution in [0, 0.1) is 0 Å². The van der Waals surface area contributed by atoms with Crippen LogP contribution in [-0.2, 0) is 0 Å². The third-order valence-corrected chi connectivity index (χ3v) is 3.43. The maximum atomic E-state index is 5.75. The summed E-state index contributed by atoms with van der Waals surface area (Å²) in [6.45, 7) is 3.06. The van der Waals surface area contributed by atoms with Gasteiger partial charge in [-0.05, 0) is 42.8 Å². The molecule has 0 aliphatic heterocycles. The molecule has 0 unspecified atom stereocenters. The zero-order valence-electron chi connectivity index (χ0n) is 12.3. The highest BCUT2D eigenvalue weighted by Crippen LogP contribution is 2.22. The Morgan fingerprint density at radius 1 is 0.900 bits per heavy atom. The van der Waals surface area contributed by atoms with Crippen LogP contribution in [0.3, 0.4) is 0 Å². The number of rotatable bonds is 9. The summed E-state index contributed by atoms with van der Waals surface area (Å²) < 4.78 is 11.1. The second-order valence-electron chi connectivity index (χ2n) is 5.12. The molecule has 0 aliphatic rings. The highest BCUT2D eigenvalue weighted by Gasteiger charge is 2.00. The largest absolute Gasteiger partial charge is 0.494 e. The summed E-state index contributed by atoms with van der Waals surface area (Å²) in [5, 5.41) is 0. The van der Waals surface area contributed by atoms with Crippen LogP contribution in [0.2, 0.25) is 0 Å². The van der Waals surface area contributed by atoms with Crippen LogP contribution in [0.15, 0.2) is 47.1 Å². The molecule has 0 amide bonds. The fourth-order valence-electron chi connectivity index (χ4n) is 2.23. The normalized spacial score (nSPS) is 10.7. The fourth-order valence-corrected chi connectivity index (χ4v) is 2.23. The lowest BCUT2D eigenvalue weighted by Crippen LogP contribution is -1.97. The quantitative estimate of drug-likeness (QED) is 0.547. The topological polar surface area (TPSA) is 22.4 Å². The van der Waals surface area contributed by atoms with E-state index in [-0.39, 0.29) is 0 Å². The summed E-state index contributed by atoms with van der Waals surface area (Å²) in [5.74, 6) is 1.83. The van der Waals surface area contributed by atoms with E-state index in [9.17, 15) is 0 Å². The highest BCUT2D eigenvalue weighted by atomic mass is 16.5. The van der Waals surface area contributed by atoms with Crippen LogP contribution in [0.5, 0.6) is 5.75 Å². The molecule has 0 fully saturated rings. The Kier molecular flexibility index (Phi) is 6.22. The number of ether oxygens (including phenoxy) is 1. The van der Waals surface area contributed by atoms with Gasteiger partial charge in [0.15, 0.2) is 0 Å². The van der Waals surface area contributed by atoms with Crippen molar-refractivity contribution in [1.29, 1.82) is 0 Å². The van der Waals surface area contributed by atoms with Gasteiger partial charge in [0.2, 0.25) is 0 Å². The summed E-state index contributed by atoms with van der Waals surface area (Å²) in [6, 6.07) is 12.0. The SMILES string of the molecule is CCCCCCCCOc1ccc(-c2ccco2)cc1. The minimum Gasteiger partial charge on any atom is -0.494 e. The van der Waals surface area contributed by atoms with Crippen LogP contribution in [0.4, 0.5) is 0 Å². The van der Waals surface area contributed by atoms with E-state index < -0.39 is 0 Å². The van der Waals surface area contributed by atoms with Crippen LogP contribution in [-0.4, -0.2) is 6.61 Å². The van der Waals surface area contributed by atoms with Crippen molar-refractivity contribution in [1.82, 2.24) is 0 Å². The predicted octanol–water partition coefficient (Wildman–Crippen LogP) is 5.69. The summed E-state index contributed by atoms with van der Waals surface area (Å²) >= 11 is 0. The predicted molar refractivity (Wildman–Crippen MR) is 83.0 cm³/mol. The maximum Gasteiger partial charge on any atom is 0.133 e. The zero-order chi connectivity index (χ0) is 14.0. The first-order valence-corrected chi connectivity index (χ1v) is 7.67. The smallest absolute Gasteiger partial charge is 0.133 e. The molecule has 20 heavy (non-hydrogen) atoms. The lowest BCUT2D eigenvalue weighted by molar-refractivity contribution is 0.304. The van der Waals surface area contributed by atoms with E-state index in [4.69, 9.17) is 9.15 Å². The molecular formula is C18H24O2. The Bertz CT molecular complexity index is 457. The minimum absolute atomic E-state index is 0.812. The molecule has 2 nitrogen and oxygen atoms in total. The van der Waals surface area contributed by atoms with Gasteiger partial charge in [0.05, 0.1) is 12.9 Å². The van der Waals surface area contributed by atoms with Gasteiger partial charge < -0.3 is 9.15 Å². The van der Waals surface area contributed by atoms with Crippen LogP contribution in [0.1, 0.15) is 45.4 Å². The number of benzene rings is 1. The van der Waals surface area contributed by atoms with E-state index in [2.05, 4.69) is 6.92 Å². The molecular weight excluding hydrogens is 248 g/mol. The fraction of sp³-hybridized carbons (Fsp3) is 0.444. The molecule has 0 atom stereocenters. The number of hydrogen-bond donors (Lipinski definition) is 0. The van der Waals surface area contributed by atoms with Crippen molar-refractivity contribution >= 4 is 0 Å². The lowest BCUT2D eigenvalue weighted by Gasteiger charge is -2.06. The van der Waals surface area contributed by atoms with E-state index in [1.165, 1.54) is 32.1 Å². The maximum absolute atomic E-state index is 5.75. The number of unbranched alkanes of at least 4 members (excludes halogenated alkanes) is 5. The first-order chi connectivity index (χ1) is 9.90. The summed E-state index contributed by atoms with van der Waals surface area (Å²) in [7, 11) is 0. The average molecular weight is 272 g/mol. The first-order valence-electron chi connectivity index (χ1n) is 7.67. The van der Waals surface area contributed by atoms with Crippen molar-refractivity contribution in [2.24, 2.45) is 0 Å². The molecule has 1 heterocycles. The van der Waals surface area contributed by atoms with Gasteiger partial charge in [-0.3, -0.25) is 0 Å². The molecule has 1 aromatic heterocycles. The summed E-state index contributed by atoms with van der Waals surface area (Å²) in [6.07, 6.45) is 9.45. The highest BCUT2D eigenvalue weighted by molar-refractivity contribution is 5.58. The Labute approximate surface area is 121 Å². The molecule has 108 valence electrons. The third-order valence-electron chi connectivity index (χ3n) is 3.43. The monoisotopic (exact) mass is 272 g/mol. The number of furan rings is 1. The van der Waals surface area contributed by atoms with E-state index in [1.807, 2.05) is 36.4 Å². The van der Waals surface area contributed by atoms with E-state index in [1.54, 1.807) is 6.26 Å². The minimum atomic E-state index is 0.812. The second-order valence-corrected chi connectivity index (χ2v) is 5.12.